The molecular weight excluding hydrogens is 212 g/mol. The molecule has 0 aromatic carbocycles. The Kier molecular flexibility index (Phi) is 3.05. The lowest BCUT2D eigenvalue weighted by Gasteiger charge is -2.31. The van der Waals surface area contributed by atoms with E-state index < -0.39 is 0 Å². The van der Waals surface area contributed by atoms with Crippen LogP contribution in [0.2, 0.25) is 0 Å². The van der Waals surface area contributed by atoms with Gasteiger partial charge in [-0.3, -0.25) is 9.58 Å². The van der Waals surface area contributed by atoms with Crippen LogP contribution in [0.25, 0.3) is 0 Å². The largest absolute Gasteiger partial charge is 0.382 e. The van der Waals surface area contributed by atoms with Crippen LogP contribution >= 0.6 is 0 Å². The number of nitrogen functional groups attached to an aromatic ring is 1. The summed E-state index contributed by atoms with van der Waals surface area (Å²) >= 11 is 0. The van der Waals surface area contributed by atoms with Gasteiger partial charge in [0.1, 0.15) is 5.82 Å². The molecular formula is C13H22N4. The molecule has 1 aromatic rings. The Morgan fingerprint density at radius 2 is 2.12 bits per heavy atom. The van der Waals surface area contributed by atoms with Gasteiger partial charge in [-0.2, -0.15) is 5.10 Å². The van der Waals surface area contributed by atoms with Crippen molar-refractivity contribution in [1.82, 2.24) is 14.7 Å². The molecule has 2 fully saturated rings. The Morgan fingerprint density at radius 3 is 2.94 bits per heavy atom. The van der Waals surface area contributed by atoms with Crippen LogP contribution < -0.4 is 5.73 Å². The van der Waals surface area contributed by atoms with E-state index in [1.807, 2.05) is 16.9 Å². The molecule has 2 aliphatic rings. The Hall–Kier alpha value is -1.03. The third-order valence-electron chi connectivity index (χ3n) is 4.40. The van der Waals surface area contributed by atoms with E-state index in [2.05, 4.69) is 10.00 Å². The van der Waals surface area contributed by atoms with E-state index in [-0.39, 0.29) is 0 Å². The first-order chi connectivity index (χ1) is 8.33. The Balaban J connectivity index is 1.55. The van der Waals surface area contributed by atoms with Crippen molar-refractivity contribution in [2.24, 2.45) is 5.92 Å². The third kappa shape index (κ3) is 2.32. The molecule has 0 amide bonds. The van der Waals surface area contributed by atoms with Crippen LogP contribution in [0, 0.1) is 5.92 Å². The van der Waals surface area contributed by atoms with Crippen molar-refractivity contribution in [2.75, 3.05) is 18.8 Å². The van der Waals surface area contributed by atoms with Crippen molar-refractivity contribution >= 4 is 5.82 Å². The summed E-state index contributed by atoms with van der Waals surface area (Å²) in [5.41, 5.74) is 5.62. The Bertz CT molecular complexity index is 373. The lowest BCUT2D eigenvalue weighted by molar-refractivity contribution is 0.175. The van der Waals surface area contributed by atoms with Gasteiger partial charge in [-0.1, -0.05) is 12.8 Å². The van der Waals surface area contributed by atoms with Gasteiger partial charge in [0, 0.05) is 18.8 Å². The molecule has 2 N–H and O–H groups in total. The summed E-state index contributed by atoms with van der Waals surface area (Å²) in [6.45, 7) is 3.38. The average Bonchev–Trinajstić information content (AvgIpc) is 2.93. The molecule has 1 saturated heterocycles. The Morgan fingerprint density at radius 1 is 1.24 bits per heavy atom. The molecule has 1 saturated carbocycles. The van der Waals surface area contributed by atoms with E-state index in [4.69, 9.17) is 5.73 Å². The van der Waals surface area contributed by atoms with Gasteiger partial charge >= 0.3 is 0 Å². The van der Waals surface area contributed by atoms with E-state index in [0.29, 0.717) is 5.82 Å². The molecule has 4 heteroatoms. The van der Waals surface area contributed by atoms with Gasteiger partial charge in [0.05, 0.1) is 6.54 Å². The standard InChI is InChI=1S/C13H22N4/c14-13-6-8-17(15-13)10-9-16-7-5-11-3-1-2-4-12(11)16/h6,8,11-12H,1-5,7,9-10H2,(H2,14,15). The summed E-state index contributed by atoms with van der Waals surface area (Å²) in [5, 5.41) is 4.24. The van der Waals surface area contributed by atoms with Crippen LogP contribution in [-0.2, 0) is 6.54 Å². The minimum Gasteiger partial charge on any atom is -0.382 e. The highest BCUT2D eigenvalue weighted by Crippen LogP contribution is 2.35. The lowest BCUT2D eigenvalue weighted by Crippen LogP contribution is -2.36. The van der Waals surface area contributed by atoms with Gasteiger partial charge in [-0.25, -0.2) is 0 Å². The molecule has 0 bridgehead atoms. The molecule has 2 atom stereocenters. The zero-order valence-electron chi connectivity index (χ0n) is 10.4. The van der Waals surface area contributed by atoms with E-state index in [1.54, 1.807) is 0 Å². The number of nitrogens with zero attached hydrogens (tertiary/aromatic N) is 3. The summed E-state index contributed by atoms with van der Waals surface area (Å²) in [5.74, 6) is 1.61. The summed E-state index contributed by atoms with van der Waals surface area (Å²) < 4.78 is 1.96. The van der Waals surface area contributed by atoms with Gasteiger partial charge in [0.15, 0.2) is 0 Å². The molecule has 17 heavy (non-hydrogen) atoms. The van der Waals surface area contributed by atoms with Crippen LogP contribution in [0.5, 0.6) is 0 Å². The first kappa shape index (κ1) is 11.1. The Labute approximate surface area is 103 Å². The summed E-state index contributed by atoms with van der Waals surface area (Å²) in [7, 11) is 0. The van der Waals surface area contributed by atoms with Crippen molar-refractivity contribution in [3.05, 3.63) is 12.3 Å². The molecule has 1 aliphatic heterocycles. The highest BCUT2D eigenvalue weighted by molar-refractivity contribution is 5.23. The number of likely N-dealkylation sites (tertiary alicyclic amines) is 1. The molecule has 1 aromatic heterocycles. The van der Waals surface area contributed by atoms with Crippen LogP contribution in [0.1, 0.15) is 32.1 Å². The van der Waals surface area contributed by atoms with E-state index in [1.165, 1.54) is 38.6 Å². The maximum Gasteiger partial charge on any atom is 0.145 e. The summed E-state index contributed by atoms with van der Waals surface area (Å²) in [4.78, 5) is 2.67. The third-order valence-corrected chi connectivity index (χ3v) is 4.40. The number of rotatable bonds is 3. The maximum atomic E-state index is 5.62. The lowest BCUT2D eigenvalue weighted by atomic mass is 9.85. The van der Waals surface area contributed by atoms with Gasteiger partial charge in [-0.15, -0.1) is 0 Å². The van der Waals surface area contributed by atoms with Gasteiger partial charge in [-0.05, 0) is 37.8 Å². The predicted molar refractivity (Wildman–Crippen MR) is 68.6 cm³/mol. The molecule has 0 radical (unpaired) electrons. The topological polar surface area (TPSA) is 47.1 Å². The molecule has 2 unspecified atom stereocenters. The zero-order chi connectivity index (χ0) is 11.7. The maximum absolute atomic E-state index is 5.62. The van der Waals surface area contributed by atoms with Crippen LogP contribution in [-0.4, -0.2) is 33.8 Å². The number of anilines is 1. The smallest absolute Gasteiger partial charge is 0.145 e. The number of nitrogens with two attached hydrogens (primary N) is 1. The highest BCUT2D eigenvalue weighted by Gasteiger charge is 2.34. The van der Waals surface area contributed by atoms with Crippen molar-refractivity contribution < 1.29 is 0 Å². The number of fused-ring (bicyclic) bond motifs is 1. The fourth-order valence-corrected chi connectivity index (χ4v) is 3.51. The van der Waals surface area contributed by atoms with Crippen molar-refractivity contribution in [3.63, 3.8) is 0 Å². The van der Waals surface area contributed by atoms with Gasteiger partial charge < -0.3 is 5.73 Å². The number of hydrogen-bond donors (Lipinski definition) is 1. The predicted octanol–water partition coefficient (Wildman–Crippen LogP) is 1.73. The fourth-order valence-electron chi connectivity index (χ4n) is 3.51. The van der Waals surface area contributed by atoms with E-state index >= 15 is 0 Å². The van der Waals surface area contributed by atoms with Crippen LogP contribution in [0.4, 0.5) is 5.82 Å². The minimum absolute atomic E-state index is 0.627. The second-order valence-electron chi connectivity index (χ2n) is 5.44. The van der Waals surface area contributed by atoms with Crippen molar-refractivity contribution in [3.8, 4) is 0 Å². The minimum atomic E-state index is 0.627. The fraction of sp³-hybridized carbons (Fsp3) is 0.769. The first-order valence-electron chi connectivity index (χ1n) is 6.86. The SMILES string of the molecule is Nc1ccn(CCN2CCC3CCCCC32)n1. The normalized spacial score (nSPS) is 29.4. The molecule has 4 nitrogen and oxygen atoms in total. The number of hydrogen-bond acceptors (Lipinski definition) is 3. The summed E-state index contributed by atoms with van der Waals surface area (Å²) in [6, 6.07) is 2.73. The van der Waals surface area contributed by atoms with E-state index in [0.717, 1.165) is 25.0 Å². The molecule has 3 rings (SSSR count). The monoisotopic (exact) mass is 234 g/mol. The van der Waals surface area contributed by atoms with Crippen LogP contribution in [0.15, 0.2) is 12.3 Å². The first-order valence-corrected chi connectivity index (χ1v) is 6.86. The number of aromatic nitrogens is 2. The van der Waals surface area contributed by atoms with Crippen molar-refractivity contribution in [2.45, 2.75) is 44.7 Å². The highest BCUT2D eigenvalue weighted by atomic mass is 15.3. The molecule has 94 valence electrons. The molecule has 0 spiro atoms. The quantitative estimate of drug-likeness (QED) is 0.866. The molecule has 1 aliphatic carbocycles. The zero-order valence-corrected chi connectivity index (χ0v) is 10.4. The van der Waals surface area contributed by atoms with Gasteiger partial charge in [0.2, 0.25) is 0 Å². The van der Waals surface area contributed by atoms with Crippen molar-refractivity contribution in [1.29, 1.82) is 0 Å². The average molecular weight is 234 g/mol. The summed E-state index contributed by atoms with van der Waals surface area (Å²) in [6.07, 6.45) is 9.12. The molecule has 2 heterocycles. The van der Waals surface area contributed by atoms with E-state index in [9.17, 15) is 0 Å². The van der Waals surface area contributed by atoms with Crippen LogP contribution in [0.3, 0.4) is 0 Å². The van der Waals surface area contributed by atoms with Gasteiger partial charge in [0.25, 0.3) is 0 Å². The second kappa shape index (κ2) is 4.69. The second-order valence-corrected chi connectivity index (χ2v) is 5.44.